The van der Waals surface area contributed by atoms with E-state index in [2.05, 4.69) is 15.6 Å². The molecule has 0 fully saturated rings. The van der Waals surface area contributed by atoms with Crippen molar-refractivity contribution in [2.45, 2.75) is 44.4 Å². The largest absolute Gasteiger partial charge is 0.507 e. The van der Waals surface area contributed by atoms with Crippen LogP contribution in [0.25, 0.3) is 0 Å². The van der Waals surface area contributed by atoms with E-state index in [1.54, 1.807) is 19.1 Å². The number of rotatable bonds is 15. The predicted octanol–water partition coefficient (Wildman–Crippen LogP) is 5.62. The van der Waals surface area contributed by atoms with E-state index in [4.69, 9.17) is 9.47 Å². The molecule has 2 amide bonds. The van der Waals surface area contributed by atoms with Crippen LogP contribution >= 0.6 is 0 Å². The van der Waals surface area contributed by atoms with Gasteiger partial charge in [0.2, 0.25) is 11.8 Å². The molecule has 0 saturated carbocycles. The average molecular weight is 608 g/mol. The maximum absolute atomic E-state index is 13.6. The van der Waals surface area contributed by atoms with Crippen LogP contribution in [0.3, 0.4) is 0 Å². The fourth-order valence-electron chi connectivity index (χ4n) is 5.17. The van der Waals surface area contributed by atoms with E-state index in [1.165, 1.54) is 19.4 Å². The summed E-state index contributed by atoms with van der Waals surface area (Å²) in [6.07, 6.45) is 2.34. The smallest absolute Gasteiger partial charge is 0.245 e. The molecule has 2 atom stereocenters. The molecule has 8 heteroatoms. The highest BCUT2D eigenvalue weighted by Gasteiger charge is 2.42. The van der Waals surface area contributed by atoms with Gasteiger partial charge in [-0.3, -0.25) is 14.6 Å². The summed E-state index contributed by atoms with van der Waals surface area (Å²) in [6.45, 7) is 4.06. The summed E-state index contributed by atoms with van der Waals surface area (Å²) in [5, 5.41) is 16.0. The van der Waals surface area contributed by atoms with Crippen molar-refractivity contribution in [3.05, 3.63) is 131 Å². The van der Waals surface area contributed by atoms with Gasteiger partial charge in [-0.05, 0) is 48.2 Å². The van der Waals surface area contributed by atoms with E-state index in [9.17, 15) is 14.7 Å². The minimum Gasteiger partial charge on any atom is -0.507 e. The van der Waals surface area contributed by atoms with E-state index in [-0.39, 0.29) is 18.2 Å². The average Bonchev–Trinajstić information content (AvgIpc) is 3.08. The van der Waals surface area contributed by atoms with Crippen LogP contribution in [-0.4, -0.2) is 55.5 Å². The summed E-state index contributed by atoms with van der Waals surface area (Å²) in [5.41, 5.74) is 1.97. The molecular formula is C37H41N3O5. The van der Waals surface area contributed by atoms with Crippen molar-refractivity contribution in [1.29, 1.82) is 0 Å². The lowest BCUT2D eigenvalue weighted by Crippen LogP contribution is -2.55. The third-order valence-electron chi connectivity index (χ3n) is 7.50. The molecule has 45 heavy (non-hydrogen) atoms. The van der Waals surface area contributed by atoms with Crippen molar-refractivity contribution in [2.24, 2.45) is 4.99 Å². The lowest BCUT2D eigenvalue weighted by molar-refractivity contribution is -0.135. The number of benzene rings is 4. The van der Waals surface area contributed by atoms with Gasteiger partial charge in [-0.15, -0.1) is 0 Å². The Morgan fingerprint density at radius 3 is 1.96 bits per heavy atom. The highest BCUT2D eigenvalue weighted by atomic mass is 16.5. The number of carbonyl (C=O) groups excluding carboxylic acids is 2. The zero-order valence-corrected chi connectivity index (χ0v) is 26.0. The van der Waals surface area contributed by atoms with Gasteiger partial charge in [-0.1, -0.05) is 104 Å². The minimum atomic E-state index is -1.09. The molecule has 0 bridgehead atoms. The second kappa shape index (κ2) is 16.2. The molecule has 8 nitrogen and oxygen atoms in total. The van der Waals surface area contributed by atoms with E-state index < -0.39 is 23.7 Å². The van der Waals surface area contributed by atoms with Gasteiger partial charge in [0.05, 0.1) is 13.2 Å². The SMILES string of the molecule is CCCCNC(=O)[C@@H](NC(=O)CN=Cc1cc(OC)ccc1O)[C@@H](C)OC(c1ccccc1)(c1ccccc1)c1ccccc1. The zero-order valence-electron chi connectivity index (χ0n) is 26.0. The maximum atomic E-state index is 13.6. The molecule has 3 N–H and O–H groups in total. The first-order valence-corrected chi connectivity index (χ1v) is 15.2. The number of hydrogen-bond acceptors (Lipinski definition) is 6. The zero-order chi connectivity index (χ0) is 32.1. The van der Waals surface area contributed by atoms with Crippen LogP contribution in [0.1, 0.15) is 48.9 Å². The van der Waals surface area contributed by atoms with Crippen molar-refractivity contribution < 1.29 is 24.2 Å². The predicted molar refractivity (Wildman–Crippen MR) is 177 cm³/mol. The van der Waals surface area contributed by atoms with Crippen LogP contribution in [0.4, 0.5) is 0 Å². The number of phenols is 1. The number of nitrogens with zero attached hydrogens (tertiary/aromatic N) is 1. The van der Waals surface area contributed by atoms with Crippen LogP contribution in [0.15, 0.2) is 114 Å². The summed E-state index contributed by atoms with van der Waals surface area (Å²) in [6, 6.07) is 33.3. The Morgan fingerprint density at radius 2 is 1.44 bits per heavy atom. The molecule has 0 aliphatic heterocycles. The van der Waals surface area contributed by atoms with Gasteiger partial charge in [0.15, 0.2) is 0 Å². The van der Waals surface area contributed by atoms with Crippen LogP contribution in [0.5, 0.6) is 11.5 Å². The second-order valence-electron chi connectivity index (χ2n) is 10.7. The Morgan fingerprint density at radius 1 is 0.889 bits per heavy atom. The first-order valence-electron chi connectivity index (χ1n) is 15.2. The Hall–Kier alpha value is -4.95. The third-order valence-corrected chi connectivity index (χ3v) is 7.50. The van der Waals surface area contributed by atoms with Gasteiger partial charge in [0, 0.05) is 18.3 Å². The van der Waals surface area contributed by atoms with Gasteiger partial charge < -0.3 is 25.2 Å². The highest BCUT2D eigenvalue weighted by Crippen LogP contribution is 2.41. The van der Waals surface area contributed by atoms with Gasteiger partial charge in [0.1, 0.15) is 29.7 Å². The fourth-order valence-corrected chi connectivity index (χ4v) is 5.17. The highest BCUT2D eigenvalue weighted by molar-refractivity contribution is 5.90. The summed E-state index contributed by atoms with van der Waals surface area (Å²) in [5.74, 6) is -0.257. The minimum absolute atomic E-state index is 0.00855. The fraction of sp³-hybridized carbons (Fsp3) is 0.270. The quantitative estimate of drug-likeness (QED) is 0.0924. The number of aliphatic imine (C=N–C) groups is 1. The Bertz CT molecular complexity index is 1450. The molecule has 0 aliphatic carbocycles. The monoisotopic (exact) mass is 607 g/mol. The molecule has 0 heterocycles. The summed E-state index contributed by atoms with van der Waals surface area (Å²) in [7, 11) is 1.53. The molecule has 0 aliphatic rings. The molecule has 234 valence electrons. The molecular weight excluding hydrogens is 566 g/mol. The van der Waals surface area contributed by atoms with Crippen LogP contribution < -0.4 is 15.4 Å². The summed E-state index contributed by atoms with van der Waals surface area (Å²) >= 11 is 0. The second-order valence-corrected chi connectivity index (χ2v) is 10.7. The first-order chi connectivity index (χ1) is 21.9. The lowest BCUT2D eigenvalue weighted by Gasteiger charge is -2.40. The van der Waals surface area contributed by atoms with Crippen molar-refractivity contribution >= 4 is 18.0 Å². The van der Waals surface area contributed by atoms with Crippen LogP contribution in [0, 0.1) is 0 Å². The number of amides is 2. The van der Waals surface area contributed by atoms with Gasteiger partial charge in [-0.25, -0.2) is 0 Å². The molecule has 4 aromatic carbocycles. The van der Waals surface area contributed by atoms with E-state index in [1.807, 2.05) is 97.9 Å². The molecule has 0 unspecified atom stereocenters. The van der Waals surface area contributed by atoms with E-state index in [0.717, 1.165) is 29.5 Å². The van der Waals surface area contributed by atoms with Crippen LogP contribution in [0.2, 0.25) is 0 Å². The Labute approximate surface area is 265 Å². The Balaban J connectivity index is 1.67. The standard InChI is InChI=1S/C37H41N3O5/c1-4-5-23-39-36(43)35(40-34(42)26-38-25-28-24-32(44-3)21-22-33(28)41)27(2)45-37(29-15-9-6-10-16-29,30-17-11-7-12-18-30)31-19-13-8-14-20-31/h6-22,24-25,27,35,41H,4-5,23,26H2,1-3H3,(H,39,43)(H,40,42)/t27-,35+/m1/s1. The topological polar surface area (TPSA) is 109 Å². The van der Waals surface area contributed by atoms with E-state index >= 15 is 0 Å². The number of phenolic OH excluding ortho intramolecular Hbond substituents is 1. The molecule has 0 spiro atoms. The number of unbranched alkanes of at least 4 members (excludes halogenated alkanes) is 1. The van der Waals surface area contributed by atoms with Crippen molar-refractivity contribution in [3.8, 4) is 11.5 Å². The number of aromatic hydroxyl groups is 1. The van der Waals surface area contributed by atoms with Gasteiger partial charge in [-0.2, -0.15) is 0 Å². The normalized spacial score (nSPS) is 12.8. The first kappa shape index (κ1) is 33.0. The molecule has 4 aromatic rings. The van der Waals surface area contributed by atoms with Crippen molar-refractivity contribution in [2.75, 3.05) is 20.2 Å². The Kier molecular flexibility index (Phi) is 11.9. The summed E-state index contributed by atoms with van der Waals surface area (Å²) < 4.78 is 12.2. The third kappa shape index (κ3) is 8.37. The molecule has 0 radical (unpaired) electrons. The van der Waals surface area contributed by atoms with Gasteiger partial charge >= 0.3 is 0 Å². The number of nitrogens with one attached hydrogen (secondary N) is 2. The number of carbonyl (C=O) groups is 2. The number of hydrogen-bond donors (Lipinski definition) is 3. The molecule has 4 rings (SSSR count). The molecule has 0 aromatic heterocycles. The van der Waals surface area contributed by atoms with Crippen molar-refractivity contribution in [1.82, 2.24) is 10.6 Å². The van der Waals surface area contributed by atoms with Gasteiger partial charge in [0.25, 0.3) is 0 Å². The van der Waals surface area contributed by atoms with Crippen LogP contribution in [-0.2, 0) is 19.9 Å². The van der Waals surface area contributed by atoms with Crippen molar-refractivity contribution in [3.63, 3.8) is 0 Å². The maximum Gasteiger partial charge on any atom is 0.245 e. The lowest BCUT2D eigenvalue weighted by atomic mass is 9.79. The number of methoxy groups -OCH3 is 1. The molecule has 0 saturated heterocycles. The van der Waals surface area contributed by atoms with E-state index in [0.29, 0.717) is 17.9 Å². The summed E-state index contributed by atoms with van der Waals surface area (Å²) in [4.78, 5) is 31.0. The number of ether oxygens (including phenoxy) is 2.